The van der Waals surface area contributed by atoms with Crippen molar-refractivity contribution < 1.29 is 4.79 Å². The topological polar surface area (TPSA) is 49.3 Å². The lowest BCUT2D eigenvalue weighted by atomic mass is 9.85. The van der Waals surface area contributed by atoms with Crippen LogP contribution in [0.5, 0.6) is 0 Å². The van der Waals surface area contributed by atoms with E-state index in [1.807, 2.05) is 48.1 Å². The van der Waals surface area contributed by atoms with Crippen LogP contribution in [0.4, 0.5) is 5.69 Å². The lowest BCUT2D eigenvalue weighted by Gasteiger charge is -2.42. The monoisotopic (exact) mass is 386 g/mol. The Labute approximate surface area is 165 Å². The molecule has 0 spiro atoms. The zero-order chi connectivity index (χ0) is 18.8. The normalized spacial score (nSPS) is 23.1. The van der Waals surface area contributed by atoms with E-state index in [1.165, 1.54) is 0 Å². The van der Waals surface area contributed by atoms with Gasteiger partial charge in [-0.3, -0.25) is 4.79 Å². The zero-order valence-corrected chi connectivity index (χ0v) is 16.5. The highest BCUT2D eigenvalue weighted by Gasteiger charge is 2.34. The van der Waals surface area contributed by atoms with Crippen molar-refractivity contribution in [1.29, 1.82) is 0 Å². The van der Waals surface area contributed by atoms with Crippen LogP contribution in [0.3, 0.4) is 0 Å². The SMILES string of the molecule is Cn1cccc1C(=O)N[C@H]1CC[C@H]1NC1CCN(c2ccccc2Cl)CC1. The molecule has 6 heteroatoms. The van der Waals surface area contributed by atoms with Crippen LogP contribution in [-0.4, -0.2) is 41.7 Å². The van der Waals surface area contributed by atoms with Gasteiger partial charge in [0, 0.05) is 44.5 Å². The minimum atomic E-state index is 0.0209. The molecule has 0 unspecified atom stereocenters. The molecule has 27 heavy (non-hydrogen) atoms. The number of para-hydroxylation sites is 1. The number of rotatable bonds is 5. The Bertz CT molecular complexity index is 797. The van der Waals surface area contributed by atoms with Gasteiger partial charge in [-0.15, -0.1) is 0 Å². The minimum Gasteiger partial charge on any atom is -0.370 e. The average Bonchev–Trinajstić information content (AvgIpc) is 3.10. The van der Waals surface area contributed by atoms with Crippen molar-refractivity contribution in [2.75, 3.05) is 18.0 Å². The Balaban J connectivity index is 1.26. The summed E-state index contributed by atoms with van der Waals surface area (Å²) in [6, 6.07) is 12.9. The molecule has 2 aliphatic rings. The van der Waals surface area contributed by atoms with Gasteiger partial charge in [-0.2, -0.15) is 0 Å². The van der Waals surface area contributed by atoms with Gasteiger partial charge >= 0.3 is 0 Å². The number of aromatic nitrogens is 1. The molecule has 5 nitrogen and oxygen atoms in total. The number of nitrogens with zero attached hydrogens (tertiary/aromatic N) is 2. The fourth-order valence-corrected chi connectivity index (χ4v) is 4.36. The number of nitrogens with one attached hydrogen (secondary N) is 2. The molecule has 1 aromatic carbocycles. The lowest BCUT2D eigenvalue weighted by molar-refractivity contribution is 0.0878. The van der Waals surface area contributed by atoms with Crippen molar-refractivity contribution in [3.05, 3.63) is 53.3 Å². The highest BCUT2D eigenvalue weighted by atomic mass is 35.5. The van der Waals surface area contributed by atoms with Crippen LogP contribution < -0.4 is 15.5 Å². The molecule has 2 aromatic rings. The number of aryl methyl sites for hydroxylation is 1. The second-order valence-electron chi connectivity index (χ2n) is 7.65. The first-order valence-electron chi connectivity index (χ1n) is 9.79. The van der Waals surface area contributed by atoms with E-state index < -0.39 is 0 Å². The maximum atomic E-state index is 12.4. The third-order valence-electron chi connectivity index (χ3n) is 5.91. The molecule has 1 amide bonds. The molecular weight excluding hydrogens is 360 g/mol. The molecule has 1 aliphatic heterocycles. The number of halogens is 1. The fourth-order valence-electron chi connectivity index (χ4n) is 4.11. The van der Waals surface area contributed by atoms with Crippen LogP contribution in [0.15, 0.2) is 42.6 Å². The molecule has 1 aromatic heterocycles. The number of hydrogen-bond donors (Lipinski definition) is 2. The molecule has 1 aliphatic carbocycles. The largest absolute Gasteiger partial charge is 0.370 e. The highest BCUT2D eigenvalue weighted by molar-refractivity contribution is 6.33. The van der Waals surface area contributed by atoms with Gasteiger partial charge in [0.2, 0.25) is 0 Å². The maximum absolute atomic E-state index is 12.4. The molecule has 1 saturated heterocycles. The molecular formula is C21H27ClN4O. The number of amides is 1. The Morgan fingerprint density at radius 2 is 1.78 bits per heavy atom. The predicted octanol–water partition coefficient (Wildman–Crippen LogP) is 3.20. The van der Waals surface area contributed by atoms with Gasteiger partial charge in [0.05, 0.1) is 10.7 Å². The molecule has 2 fully saturated rings. The van der Waals surface area contributed by atoms with Gasteiger partial charge in [-0.1, -0.05) is 23.7 Å². The molecule has 2 heterocycles. The van der Waals surface area contributed by atoms with Crippen molar-refractivity contribution in [2.24, 2.45) is 7.05 Å². The van der Waals surface area contributed by atoms with Crippen LogP contribution in [0.1, 0.15) is 36.2 Å². The highest BCUT2D eigenvalue weighted by Crippen LogP contribution is 2.29. The summed E-state index contributed by atoms with van der Waals surface area (Å²) in [5, 5.41) is 7.79. The summed E-state index contributed by atoms with van der Waals surface area (Å²) in [4.78, 5) is 14.8. The van der Waals surface area contributed by atoms with Crippen molar-refractivity contribution in [3.8, 4) is 0 Å². The van der Waals surface area contributed by atoms with Gasteiger partial charge in [0.15, 0.2) is 0 Å². The number of benzene rings is 1. The smallest absolute Gasteiger partial charge is 0.268 e. The number of anilines is 1. The van der Waals surface area contributed by atoms with Crippen LogP contribution in [0.2, 0.25) is 5.02 Å². The van der Waals surface area contributed by atoms with E-state index in [0.717, 1.165) is 49.5 Å². The molecule has 144 valence electrons. The van der Waals surface area contributed by atoms with Crippen LogP contribution in [0.25, 0.3) is 0 Å². The van der Waals surface area contributed by atoms with E-state index >= 15 is 0 Å². The molecule has 0 bridgehead atoms. The molecule has 0 radical (unpaired) electrons. The van der Waals surface area contributed by atoms with E-state index in [-0.39, 0.29) is 11.9 Å². The number of piperidine rings is 1. The van der Waals surface area contributed by atoms with Gasteiger partial charge in [-0.05, 0) is 49.9 Å². The number of carbonyl (C=O) groups is 1. The van der Waals surface area contributed by atoms with Crippen LogP contribution >= 0.6 is 11.6 Å². The summed E-state index contributed by atoms with van der Waals surface area (Å²) < 4.78 is 1.86. The van der Waals surface area contributed by atoms with E-state index in [9.17, 15) is 4.79 Å². The molecule has 1 saturated carbocycles. The summed E-state index contributed by atoms with van der Waals surface area (Å²) in [6.07, 6.45) is 6.27. The second kappa shape index (κ2) is 7.95. The Morgan fingerprint density at radius 3 is 2.41 bits per heavy atom. The van der Waals surface area contributed by atoms with E-state index in [4.69, 9.17) is 11.6 Å². The quantitative estimate of drug-likeness (QED) is 0.829. The first-order chi connectivity index (χ1) is 13.1. The van der Waals surface area contributed by atoms with Crippen LogP contribution in [-0.2, 0) is 7.05 Å². The zero-order valence-electron chi connectivity index (χ0n) is 15.7. The van der Waals surface area contributed by atoms with Crippen molar-refractivity contribution in [3.63, 3.8) is 0 Å². The molecule has 4 rings (SSSR count). The third-order valence-corrected chi connectivity index (χ3v) is 6.22. The van der Waals surface area contributed by atoms with Crippen molar-refractivity contribution in [2.45, 2.75) is 43.8 Å². The van der Waals surface area contributed by atoms with E-state index in [1.54, 1.807) is 0 Å². The van der Waals surface area contributed by atoms with Gasteiger partial charge in [-0.25, -0.2) is 0 Å². The first-order valence-corrected chi connectivity index (χ1v) is 10.2. The average molecular weight is 387 g/mol. The standard InChI is InChI=1S/C21H27ClN4O/c1-25-12-4-7-20(25)21(27)24-18-9-8-17(18)23-15-10-13-26(14-11-15)19-6-3-2-5-16(19)22/h2-7,12,15,17-18,23H,8-11,13-14H2,1H3,(H,24,27)/t17-,18+/m1/s1. The van der Waals surface area contributed by atoms with Gasteiger partial charge in [0.25, 0.3) is 5.91 Å². The summed E-state index contributed by atoms with van der Waals surface area (Å²) >= 11 is 6.33. The Kier molecular flexibility index (Phi) is 5.41. The second-order valence-corrected chi connectivity index (χ2v) is 8.05. The fraction of sp³-hybridized carbons (Fsp3) is 0.476. The van der Waals surface area contributed by atoms with Gasteiger partial charge in [0.1, 0.15) is 5.69 Å². The number of hydrogen-bond acceptors (Lipinski definition) is 3. The van der Waals surface area contributed by atoms with E-state index in [2.05, 4.69) is 21.6 Å². The number of carbonyl (C=O) groups excluding carboxylic acids is 1. The third kappa shape index (κ3) is 3.99. The minimum absolute atomic E-state index is 0.0209. The Hall–Kier alpha value is -1.98. The summed E-state index contributed by atoms with van der Waals surface area (Å²) in [5.74, 6) is 0.0209. The Morgan fingerprint density at radius 1 is 1.04 bits per heavy atom. The summed E-state index contributed by atoms with van der Waals surface area (Å²) in [6.45, 7) is 2.02. The van der Waals surface area contributed by atoms with Crippen molar-refractivity contribution in [1.82, 2.24) is 15.2 Å². The first kappa shape index (κ1) is 18.4. The summed E-state index contributed by atoms with van der Waals surface area (Å²) in [5.41, 5.74) is 1.85. The summed E-state index contributed by atoms with van der Waals surface area (Å²) in [7, 11) is 1.90. The van der Waals surface area contributed by atoms with Crippen LogP contribution in [0, 0.1) is 0 Å². The maximum Gasteiger partial charge on any atom is 0.268 e. The lowest BCUT2D eigenvalue weighted by Crippen LogP contribution is -2.60. The molecule has 2 atom stereocenters. The van der Waals surface area contributed by atoms with E-state index in [0.29, 0.717) is 17.8 Å². The van der Waals surface area contributed by atoms with Gasteiger partial charge < -0.3 is 20.1 Å². The molecule has 2 N–H and O–H groups in total. The van der Waals surface area contributed by atoms with Crippen molar-refractivity contribution >= 4 is 23.2 Å². The predicted molar refractivity (Wildman–Crippen MR) is 110 cm³/mol.